The molecule has 60 heavy (non-hydrogen) atoms. The molecule has 0 aromatic rings. The van der Waals surface area contributed by atoms with Gasteiger partial charge in [-0.15, -0.1) is 0 Å². The highest BCUT2D eigenvalue weighted by Gasteiger charge is 2.51. The van der Waals surface area contributed by atoms with Crippen LogP contribution in [-0.4, -0.2) is 98.3 Å². The Bertz CT molecular complexity index is 1460. The number of carbonyl (C=O) groups excluding carboxylic acids is 2. The van der Waals surface area contributed by atoms with Crippen molar-refractivity contribution in [3.8, 4) is 0 Å². The fraction of sp³-hybridized carbons (Fsp3) is 0.565. The van der Waals surface area contributed by atoms with Crippen LogP contribution in [0.3, 0.4) is 0 Å². The maximum absolute atomic E-state index is 12.8. The molecule has 14 heteroatoms. The van der Waals surface area contributed by atoms with E-state index in [2.05, 4.69) is 38.2 Å². The minimum Gasteiger partial charge on any atom is -0.462 e. The summed E-state index contributed by atoms with van der Waals surface area (Å²) in [6.07, 6.45) is 34.4. The van der Waals surface area contributed by atoms with Gasteiger partial charge in [0.05, 0.1) is 6.61 Å². The molecule has 1 aliphatic rings. The maximum Gasteiger partial charge on any atom is 0.472 e. The summed E-state index contributed by atoms with van der Waals surface area (Å²) in [6.45, 7) is 3.00. The summed E-state index contributed by atoms with van der Waals surface area (Å²) in [6, 6.07) is 0. The van der Waals surface area contributed by atoms with Crippen LogP contribution in [0.25, 0.3) is 0 Å². The molecule has 7 unspecified atom stereocenters. The van der Waals surface area contributed by atoms with Crippen LogP contribution >= 0.6 is 7.82 Å². The van der Waals surface area contributed by atoms with Gasteiger partial charge in [-0.05, 0) is 51.4 Å². The number of unbranched alkanes of at least 4 members (excludes halogenated alkanes) is 9. The van der Waals surface area contributed by atoms with Crippen molar-refractivity contribution in [1.82, 2.24) is 0 Å². The van der Waals surface area contributed by atoms with E-state index in [0.717, 1.165) is 44.9 Å². The second-order valence-electron chi connectivity index (χ2n) is 14.3. The van der Waals surface area contributed by atoms with E-state index in [4.69, 9.17) is 18.5 Å². The van der Waals surface area contributed by atoms with Gasteiger partial charge in [0.2, 0.25) is 0 Å². The Labute approximate surface area is 357 Å². The van der Waals surface area contributed by atoms with Crippen molar-refractivity contribution in [2.24, 2.45) is 0 Å². The molecule has 0 amide bonds. The van der Waals surface area contributed by atoms with Gasteiger partial charge in [0.15, 0.2) is 6.10 Å². The number of carbonyl (C=O) groups is 2. The molecule has 0 bridgehead atoms. The number of phosphoric ester groups is 1. The fourth-order valence-electron chi connectivity index (χ4n) is 5.62. The van der Waals surface area contributed by atoms with Gasteiger partial charge in [-0.3, -0.25) is 18.6 Å². The number of ether oxygens (including phenoxy) is 2. The molecule has 0 heterocycles. The molecule has 338 valence electrons. The smallest absolute Gasteiger partial charge is 0.462 e. The van der Waals surface area contributed by atoms with Crippen molar-refractivity contribution >= 4 is 19.8 Å². The van der Waals surface area contributed by atoms with E-state index < -0.39 is 75.7 Å². The molecule has 0 aliphatic heterocycles. The third-order valence-corrected chi connectivity index (χ3v) is 10.1. The Balaban J connectivity index is 2.57. The van der Waals surface area contributed by atoms with Crippen LogP contribution in [0.1, 0.15) is 110 Å². The first-order valence-corrected chi connectivity index (χ1v) is 22.8. The van der Waals surface area contributed by atoms with Gasteiger partial charge in [-0.25, -0.2) is 4.57 Å². The van der Waals surface area contributed by atoms with Crippen molar-refractivity contribution < 1.29 is 63.1 Å². The molecule has 1 aliphatic carbocycles. The zero-order chi connectivity index (χ0) is 44.3. The molecular formula is C46H71O13P. The van der Waals surface area contributed by atoms with E-state index in [1.807, 2.05) is 85.1 Å². The zero-order valence-corrected chi connectivity index (χ0v) is 36.3. The highest BCUT2D eigenvalue weighted by molar-refractivity contribution is 7.47. The minimum atomic E-state index is -5.15. The van der Waals surface area contributed by atoms with Crippen LogP contribution in [0.5, 0.6) is 0 Å². The van der Waals surface area contributed by atoms with Gasteiger partial charge >= 0.3 is 19.8 Å². The number of aliphatic hydroxyl groups excluding tert-OH is 5. The maximum atomic E-state index is 12.8. The molecule has 8 atom stereocenters. The molecule has 0 spiro atoms. The quantitative estimate of drug-likeness (QED) is 0.0166. The summed E-state index contributed by atoms with van der Waals surface area (Å²) < 4.78 is 33.3. The topological polar surface area (TPSA) is 210 Å². The summed E-state index contributed by atoms with van der Waals surface area (Å²) in [7, 11) is -5.15. The lowest BCUT2D eigenvalue weighted by Gasteiger charge is -2.41. The molecule has 1 rings (SSSR count). The number of rotatable bonds is 32. The average molecular weight is 863 g/mol. The van der Waals surface area contributed by atoms with Gasteiger partial charge in [0.25, 0.3) is 0 Å². The molecule has 0 aromatic heterocycles. The van der Waals surface area contributed by atoms with E-state index in [0.29, 0.717) is 19.3 Å². The molecular weight excluding hydrogens is 791 g/mol. The Kier molecular flexibility index (Phi) is 31.9. The zero-order valence-electron chi connectivity index (χ0n) is 35.4. The number of aliphatic hydroxyl groups is 5. The van der Waals surface area contributed by atoms with E-state index in [9.17, 15) is 44.6 Å². The highest BCUT2D eigenvalue weighted by atomic mass is 31.2. The highest BCUT2D eigenvalue weighted by Crippen LogP contribution is 2.47. The first kappa shape index (κ1) is 54.5. The van der Waals surface area contributed by atoms with Gasteiger partial charge in [-0.2, -0.15) is 0 Å². The van der Waals surface area contributed by atoms with Gasteiger partial charge in [0, 0.05) is 12.8 Å². The summed E-state index contributed by atoms with van der Waals surface area (Å²) in [5.41, 5.74) is 0. The lowest BCUT2D eigenvalue weighted by Crippen LogP contribution is -2.64. The van der Waals surface area contributed by atoms with Crippen LogP contribution in [0.2, 0.25) is 0 Å². The van der Waals surface area contributed by atoms with Crippen LogP contribution in [-0.2, 0) is 32.7 Å². The largest absolute Gasteiger partial charge is 0.472 e. The van der Waals surface area contributed by atoms with Crippen LogP contribution < -0.4 is 0 Å². The van der Waals surface area contributed by atoms with E-state index in [-0.39, 0.29) is 12.8 Å². The third kappa shape index (κ3) is 27.4. The molecule has 0 radical (unpaired) electrons. The fourth-order valence-corrected chi connectivity index (χ4v) is 6.59. The van der Waals surface area contributed by atoms with Crippen molar-refractivity contribution in [3.05, 3.63) is 109 Å². The van der Waals surface area contributed by atoms with Crippen molar-refractivity contribution in [1.29, 1.82) is 0 Å². The summed E-state index contributed by atoms with van der Waals surface area (Å²) >= 11 is 0. The molecule has 0 saturated heterocycles. The first-order valence-electron chi connectivity index (χ1n) is 21.3. The van der Waals surface area contributed by atoms with Gasteiger partial charge in [0.1, 0.15) is 43.2 Å². The second kappa shape index (κ2) is 35.1. The van der Waals surface area contributed by atoms with Crippen LogP contribution in [0, 0.1) is 0 Å². The average Bonchev–Trinajstić information content (AvgIpc) is 3.23. The first-order chi connectivity index (χ1) is 28.9. The normalized spacial score (nSPS) is 23.3. The molecule has 13 nitrogen and oxygen atoms in total. The Morgan fingerprint density at radius 3 is 1.50 bits per heavy atom. The van der Waals surface area contributed by atoms with Crippen LogP contribution in [0.15, 0.2) is 109 Å². The number of hydrogen-bond donors (Lipinski definition) is 6. The lowest BCUT2D eigenvalue weighted by molar-refractivity contribution is -0.220. The molecule has 1 saturated carbocycles. The summed E-state index contributed by atoms with van der Waals surface area (Å²) in [5.74, 6) is -1.23. The van der Waals surface area contributed by atoms with E-state index in [1.165, 1.54) is 19.3 Å². The Morgan fingerprint density at radius 1 is 0.533 bits per heavy atom. The standard InChI is InChI=1S/C46H71O13P/c1-3-5-7-9-11-13-15-17-18-19-20-21-23-24-26-28-30-32-34-39(47)56-36-38(37-57-60(54,55)59-46-44(52)42(50)41(49)43(51)45(46)53)58-40(48)35-33-31-29-27-25-22-16-14-12-10-8-6-4-2/h6,8,10-22,25,27,29,38,41-46,49-53H,3-5,7,9,23-24,26,28,30-37H2,1-2H3,(H,54,55)/b8-6+,12-10+,13-11+,16-14+,17-15+,19-18+,21-20+,25-22+,29-27+/t38?,41?,42-,43?,44?,45?,46?/m0/s1. The molecule has 0 aromatic carbocycles. The monoisotopic (exact) mass is 862 g/mol. The number of hydrogen-bond acceptors (Lipinski definition) is 12. The Hall–Kier alpha value is -3.49. The van der Waals surface area contributed by atoms with Crippen molar-refractivity contribution in [3.63, 3.8) is 0 Å². The number of allylic oxidation sites excluding steroid dienone is 18. The Morgan fingerprint density at radius 2 is 0.967 bits per heavy atom. The third-order valence-electron chi connectivity index (χ3n) is 9.07. The molecule has 1 fully saturated rings. The van der Waals surface area contributed by atoms with Gasteiger partial charge < -0.3 is 39.9 Å². The minimum absolute atomic E-state index is 0.0126. The van der Waals surface area contributed by atoms with Crippen molar-refractivity contribution in [2.75, 3.05) is 13.2 Å². The number of phosphoric acid groups is 1. The van der Waals surface area contributed by atoms with E-state index in [1.54, 1.807) is 0 Å². The molecule has 6 N–H and O–H groups in total. The van der Waals surface area contributed by atoms with Crippen LogP contribution in [0.4, 0.5) is 0 Å². The predicted octanol–water partition coefficient (Wildman–Crippen LogP) is 7.66. The summed E-state index contributed by atoms with van der Waals surface area (Å²) in [5, 5.41) is 50.0. The second-order valence-corrected chi connectivity index (χ2v) is 15.7. The predicted molar refractivity (Wildman–Crippen MR) is 234 cm³/mol. The van der Waals surface area contributed by atoms with Gasteiger partial charge in [-0.1, -0.05) is 155 Å². The SMILES string of the molecule is CC/C=C/C=C/C=C/C=C/C=C/CCCC(=O)OC(COC(=O)CCCCCCC/C=C/C=C/C=C/C=C/CCCCC)COP(=O)(O)OC1C(O)C(O)C(O)[C@H](O)C1O. The van der Waals surface area contributed by atoms with Crippen molar-refractivity contribution in [2.45, 2.75) is 153 Å². The lowest BCUT2D eigenvalue weighted by atomic mass is 9.85. The summed E-state index contributed by atoms with van der Waals surface area (Å²) in [4.78, 5) is 35.6. The van der Waals surface area contributed by atoms with E-state index >= 15 is 0 Å². The number of esters is 2.